The Labute approximate surface area is 72.5 Å². The SMILES string of the molecule is BrSC=Cc1ccccc1. The van der Waals surface area contributed by atoms with Crippen molar-refractivity contribution in [3.63, 3.8) is 0 Å². The molecule has 0 spiro atoms. The van der Waals surface area contributed by atoms with E-state index in [1.54, 1.807) is 0 Å². The zero-order valence-electron chi connectivity index (χ0n) is 5.33. The summed E-state index contributed by atoms with van der Waals surface area (Å²) >= 11 is 3.24. The summed E-state index contributed by atoms with van der Waals surface area (Å²) in [5.74, 6) is 0. The Hall–Kier alpha value is -0.210. The van der Waals surface area contributed by atoms with Gasteiger partial charge in [0.15, 0.2) is 0 Å². The molecule has 0 heterocycles. The maximum atomic E-state index is 3.24. The lowest BCUT2D eigenvalue weighted by atomic mass is 10.2. The van der Waals surface area contributed by atoms with Crippen molar-refractivity contribution in [2.75, 3.05) is 0 Å². The molecule has 0 aliphatic rings. The average molecular weight is 215 g/mol. The van der Waals surface area contributed by atoms with Crippen molar-refractivity contribution in [2.24, 2.45) is 0 Å². The van der Waals surface area contributed by atoms with E-state index in [4.69, 9.17) is 0 Å². The first-order valence-electron chi connectivity index (χ1n) is 2.92. The van der Waals surface area contributed by atoms with Gasteiger partial charge in [0.05, 0.1) is 0 Å². The first-order chi connectivity index (χ1) is 4.93. The summed E-state index contributed by atoms with van der Waals surface area (Å²) in [5.41, 5.74) is 1.23. The van der Waals surface area contributed by atoms with Crippen LogP contribution in [0.5, 0.6) is 0 Å². The maximum absolute atomic E-state index is 3.24. The minimum atomic E-state index is 1.23. The molecule has 0 fully saturated rings. The zero-order chi connectivity index (χ0) is 7.23. The molecule has 0 nitrogen and oxygen atoms in total. The van der Waals surface area contributed by atoms with E-state index in [2.05, 4.69) is 33.0 Å². The van der Waals surface area contributed by atoms with Crippen LogP contribution in [0, 0.1) is 0 Å². The second-order valence-electron chi connectivity index (χ2n) is 1.80. The van der Waals surface area contributed by atoms with Gasteiger partial charge in [-0.2, -0.15) is 0 Å². The standard InChI is InChI=1S/C8H7BrS/c9-10-7-6-8-4-2-1-3-5-8/h1-7H. The predicted molar refractivity (Wildman–Crippen MR) is 52.0 cm³/mol. The van der Waals surface area contributed by atoms with Gasteiger partial charge < -0.3 is 0 Å². The molecule has 1 rings (SSSR count). The Kier molecular flexibility index (Phi) is 3.62. The summed E-state index contributed by atoms with van der Waals surface area (Å²) < 4.78 is 0. The molecule has 0 amide bonds. The van der Waals surface area contributed by atoms with Crippen LogP contribution in [0.3, 0.4) is 0 Å². The van der Waals surface area contributed by atoms with Gasteiger partial charge >= 0.3 is 0 Å². The molecule has 0 radical (unpaired) electrons. The van der Waals surface area contributed by atoms with Crippen LogP contribution in [0.1, 0.15) is 5.56 Å². The molecule has 0 aromatic heterocycles. The summed E-state index contributed by atoms with van der Waals surface area (Å²) in [6, 6.07) is 10.2. The van der Waals surface area contributed by atoms with E-state index in [9.17, 15) is 0 Å². The fourth-order valence-corrected chi connectivity index (χ4v) is 1.20. The molecule has 0 N–H and O–H groups in total. The van der Waals surface area contributed by atoms with Gasteiger partial charge in [-0.25, -0.2) is 0 Å². The highest BCUT2D eigenvalue weighted by molar-refractivity contribution is 9.50. The quantitative estimate of drug-likeness (QED) is 0.724. The molecule has 0 saturated carbocycles. The van der Waals surface area contributed by atoms with Crippen LogP contribution in [-0.2, 0) is 0 Å². The van der Waals surface area contributed by atoms with Gasteiger partial charge in [-0.3, -0.25) is 0 Å². The largest absolute Gasteiger partial charge is 0.0622 e. The van der Waals surface area contributed by atoms with Gasteiger partial charge in [-0.05, 0) is 31.9 Å². The topological polar surface area (TPSA) is 0 Å². The normalized spacial score (nSPS) is 10.5. The van der Waals surface area contributed by atoms with Crippen molar-refractivity contribution in [3.8, 4) is 0 Å². The molecule has 1 aromatic rings. The van der Waals surface area contributed by atoms with E-state index in [1.807, 2.05) is 23.6 Å². The number of halogens is 1. The first kappa shape index (κ1) is 7.89. The van der Waals surface area contributed by atoms with Crippen molar-refractivity contribution in [3.05, 3.63) is 41.3 Å². The number of hydrogen-bond donors (Lipinski definition) is 0. The van der Waals surface area contributed by atoms with Crippen LogP contribution in [-0.4, -0.2) is 0 Å². The molecule has 0 bridgehead atoms. The van der Waals surface area contributed by atoms with Gasteiger partial charge in [0.1, 0.15) is 0 Å². The van der Waals surface area contributed by atoms with Crippen molar-refractivity contribution >= 4 is 31.1 Å². The minimum absolute atomic E-state index is 1.23. The van der Waals surface area contributed by atoms with Crippen LogP contribution in [0.2, 0.25) is 0 Å². The highest BCUT2D eigenvalue weighted by atomic mass is 79.9. The molecule has 10 heavy (non-hydrogen) atoms. The fourth-order valence-electron chi connectivity index (χ4n) is 0.668. The fraction of sp³-hybridized carbons (Fsp3) is 0. The Bertz CT molecular complexity index is 206. The lowest BCUT2D eigenvalue weighted by Gasteiger charge is -1.87. The highest BCUT2D eigenvalue weighted by Gasteiger charge is 1.79. The molecule has 0 aliphatic heterocycles. The van der Waals surface area contributed by atoms with Gasteiger partial charge in [0.25, 0.3) is 0 Å². The second-order valence-corrected chi connectivity index (χ2v) is 3.37. The molecule has 0 atom stereocenters. The molecule has 0 aliphatic carbocycles. The first-order valence-corrected chi connectivity index (χ1v) is 5.65. The summed E-state index contributed by atoms with van der Waals surface area (Å²) in [6.45, 7) is 0. The zero-order valence-corrected chi connectivity index (χ0v) is 7.73. The van der Waals surface area contributed by atoms with E-state index in [1.165, 1.54) is 15.8 Å². The third kappa shape index (κ3) is 2.58. The highest BCUT2D eigenvalue weighted by Crippen LogP contribution is 2.13. The molecule has 0 saturated heterocycles. The van der Waals surface area contributed by atoms with E-state index in [-0.39, 0.29) is 0 Å². The lowest BCUT2D eigenvalue weighted by molar-refractivity contribution is 1.67. The van der Waals surface area contributed by atoms with Crippen LogP contribution in [0.25, 0.3) is 6.08 Å². The van der Waals surface area contributed by atoms with Gasteiger partial charge in [0.2, 0.25) is 0 Å². The molecular weight excluding hydrogens is 208 g/mol. The number of benzene rings is 1. The van der Waals surface area contributed by atoms with Crippen LogP contribution >= 0.6 is 25.0 Å². The van der Waals surface area contributed by atoms with E-state index >= 15 is 0 Å². The Morgan fingerprint density at radius 3 is 2.50 bits per heavy atom. The lowest BCUT2D eigenvalue weighted by Crippen LogP contribution is -1.65. The third-order valence-corrected chi connectivity index (χ3v) is 2.00. The molecular formula is C8H7BrS. The molecule has 52 valence electrons. The van der Waals surface area contributed by atoms with Crippen LogP contribution in [0.15, 0.2) is 35.7 Å². The second kappa shape index (κ2) is 4.58. The van der Waals surface area contributed by atoms with Crippen molar-refractivity contribution in [1.82, 2.24) is 0 Å². The van der Waals surface area contributed by atoms with Gasteiger partial charge in [-0.15, -0.1) is 0 Å². The molecule has 2 heteroatoms. The van der Waals surface area contributed by atoms with Gasteiger partial charge in [0, 0.05) is 0 Å². The minimum Gasteiger partial charge on any atom is -0.0622 e. The van der Waals surface area contributed by atoms with E-state index in [0.717, 1.165) is 0 Å². The summed E-state index contributed by atoms with van der Waals surface area (Å²) in [6.07, 6.45) is 2.05. The van der Waals surface area contributed by atoms with Crippen LogP contribution in [0.4, 0.5) is 0 Å². The van der Waals surface area contributed by atoms with Crippen molar-refractivity contribution in [2.45, 2.75) is 0 Å². The van der Waals surface area contributed by atoms with Crippen molar-refractivity contribution in [1.29, 1.82) is 0 Å². The molecule has 0 unspecified atom stereocenters. The average Bonchev–Trinajstić information content (AvgIpc) is 2.03. The Morgan fingerprint density at radius 2 is 1.90 bits per heavy atom. The van der Waals surface area contributed by atoms with E-state index < -0.39 is 0 Å². The van der Waals surface area contributed by atoms with E-state index in [0.29, 0.717) is 0 Å². The summed E-state index contributed by atoms with van der Waals surface area (Å²) in [7, 11) is 1.53. The van der Waals surface area contributed by atoms with Crippen LogP contribution < -0.4 is 0 Å². The Balaban J connectivity index is 2.67. The monoisotopic (exact) mass is 214 g/mol. The number of rotatable bonds is 2. The third-order valence-electron chi connectivity index (χ3n) is 1.11. The molecule has 1 aromatic carbocycles. The maximum Gasteiger partial charge on any atom is -0.00620 e. The summed E-state index contributed by atoms with van der Waals surface area (Å²) in [5, 5.41) is 2.00. The predicted octanol–water partition coefficient (Wildman–Crippen LogP) is 3.70. The number of hydrogen-bond acceptors (Lipinski definition) is 1. The Morgan fingerprint density at radius 1 is 1.20 bits per heavy atom. The van der Waals surface area contributed by atoms with Crippen molar-refractivity contribution < 1.29 is 0 Å². The summed E-state index contributed by atoms with van der Waals surface area (Å²) in [4.78, 5) is 0. The smallest absolute Gasteiger partial charge is 0.00620 e. The van der Waals surface area contributed by atoms with Gasteiger partial charge in [-0.1, -0.05) is 40.5 Å².